The van der Waals surface area contributed by atoms with E-state index in [2.05, 4.69) is 75.7 Å². The van der Waals surface area contributed by atoms with Crippen molar-refractivity contribution in [2.24, 2.45) is 95.0 Å². The van der Waals surface area contributed by atoms with E-state index in [1.54, 1.807) is 64.9 Å². The Morgan fingerprint density at radius 2 is 1.19 bits per heavy atom. The smallest absolute Gasteiger partial charge is 0.186 e. The number of aryl methyl sites for hydroxylation is 12. The summed E-state index contributed by atoms with van der Waals surface area (Å²) in [6, 6.07) is 5.83. The lowest BCUT2D eigenvalue weighted by Crippen LogP contribution is -2.22. The highest BCUT2D eigenvalue weighted by Gasteiger charge is 2.01. The van der Waals surface area contributed by atoms with Gasteiger partial charge >= 0.3 is 0 Å². The highest BCUT2D eigenvalue weighted by atomic mass is 15.3. The van der Waals surface area contributed by atoms with Gasteiger partial charge in [0, 0.05) is 93.3 Å². The monoisotopic (exact) mass is 935 g/mol. The van der Waals surface area contributed by atoms with Crippen LogP contribution < -0.4 is 28.7 Å². The van der Waals surface area contributed by atoms with Gasteiger partial charge in [-0.1, -0.05) is 21.8 Å². The molecule has 0 aliphatic rings. The van der Waals surface area contributed by atoms with Crippen LogP contribution >= 0.6 is 0 Å². The highest BCUT2D eigenvalue weighted by Crippen LogP contribution is 1.96. The van der Waals surface area contributed by atoms with Gasteiger partial charge in [-0.25, -0.2) is 34.9 Å². The fraction of sp³-hybridized carbons (Fsp3) is 0.462. The minimum Gasteiger partial charge on any atom is -0.370 e. The van der Waals surface area contributed by atoms with Gasteiger partial charge in [-0.15, -0.1) is 0 Å². The van der Waals surface area contributed by atoms with E-state index < -0.39 is 0 Å². The van der Waals surface area contributed by atoms with E-state index in [9.17, 15) is 0 Å². The number of aromatic nitrogens is 21. The van der Waals surface area contributed by atoms with Gasteiger partial charge in [0.2, 0.25) is 0 Å². The van der Waals surface area contributed by atoms with Crippen LogP contribution in [-0.2, 0) is 82.4 Å². The Kier molecular flexibility index (Phi) is 31.2. The maximum absolute atomic E-state index is 5.27. The molecule has 10 N–H and O–H groups in total. The van der Waals surface area contributed by atoms with E-state index in [1.165, 1.54) is 24.7 Å². The molecule has 8 aromatic heterocycles. The Labute approximate surface area is 393 Å². The average Bonchev–Trinajstić information content (AvgIpc) is 4.13. The standard InChI is InChI=1S/C6H12N6.C5H10N6.C5H9N3.2C5H8N2.C4H8N4.C4H6N2.C3H5N3.2CH4/c1-4-10-5(11-12(4)2)3-9-6(7)8;1-11-4(9-3-10-11)2-8-5(6)7;1-3-5-6-4-8(2)7-5;1-5-3-4-7(2)6-5;1-5-3-4-6-7(5)2;1-8-4(2-5)6-3-7-8;1-6-4-2-3-5-6;1-6-3-4-2-5-6;;/h3H2,1-2H3,(H4,7,8,9);3H,2H2,1H3,(H4,6,7,8);4H,3H2,1-2H3;2*3-4H,1-2H3;3H,2,5H2,1H3;2-4H,1H3;2-3H,1H3;2*1H4. The van der Waals surface area contributed by atoms with Crippen molar-refractivity contribution < 1.29 is 0 Å². The predicted molar refractivity (Wildman–Crippen MR) is 259 cm³/mol. The number of nitrogens with zero attached hydrogens (tertiary/aromatic N) is 23. The van der Waals surface area contributed by atoms with E-state index in [-0.39, 0.29) is 26.8 Å². The Bertz CT molecular complexity index is 2340. The van der Waals surface area contributed by atoms with Crippen LogP contribution in [0.4, 0.5) is 0 Å². The van der Waals surface area contributed by atoms with Gasteiger partial charge in [-0.3, -0.25) is 37.5 Å². The van der Waals surface area contributed by atoms with E-state index in [0.717, 1.165) is 35.4 Å². The van der Waals surface area contributed by atoms with E-state index >= 15 is 0 Å². The lowest BCUT2D eigenvalue weighted by Gasteiger charge is -1.94. The number of hydrogen-bond acceptors (Lipinski definition) is 16. The van der Waals surface area contributed by atoms with Crippen LogP contribution in [0.3, 0.4) is 0 Å². The molecule has 0 unspecified atom stereocenters. The van der Waals surface area contributed by atoms with Crippen molar-refractivity contribution >= 4 is 11.9 Å². The highest BCUT2D eigenvalue weighted by molar-refractivity contribution is 5.75. The largest absolute Gasteiger partial charge is 0.370 e. The molecule has 0 bridgehead atoms. The second-order valence-corrected chi connectivity index (χ2v) is 13.1. The fourth-order valence-electron chi connectivity index (χ4n) is 4.02. The molecule has 0 radical (unpaired) electrons. The summed E-state index contributed by atoms with van der Waals surface area (Å²) in [4.78, 5) is 27.1. The summed E-state index contributed by atoms with van der Waals surface area (Å²) in [6.45, 7) is 9.06. The SMILES string of the molecule is C.C.CCc1ncn(C)n1.Cc1ccn(C)n1.Cc1ccnn1C.Cc1nc(CN=C(N)N)nn1C.Cn1cccn1.Cn1cncn1.Cn1ncnc1CN.Cn1ncnc1CN=C(N)N. The zero-order valence-corrected chi connectivity index (χ0v) is 39.4. The zero-order chi connectivity index (χ0) is 48.7. The lowest BCUT2D eigenvalue weighted by atomic mass is 10.5. The first-order valence-corrected chi connectivity index (χ1v) is 19.7. The third kappa shape index (κ3) is 28.3. The van der Waals surface area contributed by atoms with Crippen LogP contribution in [-0.4, -0.2) is 115 Å². The molecule has 0 spiro atoms. The first-order chi connectivity index (χ1) is 30.8. The lowest BCUT2D eigenvalue weighted by molar-refractivity contribution is 0.702. The summed E-state index contributed by atoms with van der Waals surface area (Å²) in [6.07, 6.45) is 16.1. The van der Waals surface area contributed by atoms with Crippen molar-refractivity contribution in [3.05, 3.63) is 115 Å². The molecule has 370 valence electrons. The Balaban J connectivity index is 0. The zero-order valence-electron chi connectivity index (χ0n) is 39.4. The van der Waals surface area contributed by atoms with Gasteiger partial charge in [0.1, 0.15) is 68.0 Å². The van der Waals surface area contributed by atoms with E-state index in [1.807, 2.05) is 112 Å². The first-order valence-electron chi connectivity index (χ1n) is 19.7. The van der Waals surface area contributed by atoms with Crippen LogP contribution in [0.25, 0.3) is 0 Å². The second kappa shape index (κ2) is 34.3. The molecule has 0 saturated heterocycles. The Morgan fingerprint density at radius 3 is 1.45 bits per heavy atom. The molecule has 8 heterocycles. The van der Waals surface area contributed by atoms with Crippen molar-refractivity contribution in [1.29, 1.82) is 0 Å². The molecule has 0 fully saturated rings. The van der Waals surface area contributed by atoms with Crippen LogP contribution in [0.15, 0.2) is 84.6 Å². The summed E-state index contributed by atoms with van der Waals surface area (Å²) in [5, 5.41) is 31.3. The second-order valence-electron chi connectivity index (χ2n) is 13.1. The summed E-state index contributed by atoms with van der Waals surface area (Å²) in [5.74, 6) is 4.04. The van der Waals surface area contributed by atoms with Gasteiger partial charge in [0.05, 0.1) is 12.2 Å². The van der Waals surface area contributed by atoms with Crippen molar-refractivity contribution in [3.63, 3.8) is 0 Å². The molecule has 28 heteroatoms. The number of rotatable bonds is 6. The maximum atomic E-state index is 5.27. The quantitative estimate of drug-likeness (QED) is 0.109. The molecule has 0 saturated carbocycles. The van der Waals surface area contributed by atoms with Gasteiger partial charge in [0.25, 0.3) is 0 Å². The fourth-order valence-corrected chi connectivity index (χ4v) is 4.02. The molecule has 0 atom stereocenters. The number of guanidine groups is 2. The minimum atomic E-state index is 0. The maximum Gasteiger partial charge on any atom is 0.186 e. The molecule has 8 aromatic rings. The Morgan fingerprint density at radius 1 is 0.567 bits per heavy atom. The number of hydrogen-bond donors (Lipinski definition) is 5. The molecule has 67 heavy (non-hydrogen) atoms. The van der Waals surface area contributed by atoms with Crippen molar-refractivity contribution in [1.82, 2.24) is 103 Å². The molecule has 0 aliphatic carbocycles. The third-order valence-corrected chi connectivity index (χ3v) is 7.67. The molecular formula is C39H74N28. The van der Waals surface area contributed by atoms with E-state index in [0.29, 0.717) is 25.5 Å². The third-order valence-electron chi connectivity index (χ3n) is 7.67. The van der Waals surface area contributed by atoms with Crippen LogP contribution in [0, 0.1) is 20.8 Å². The molecule has 8 rings (SSSR count). The van der Waals surface area contributed by atoms with Crippen LogP contribution in [0.1, 0.15) is 62.3 Å². The van der Waals surface area contributed by atoms with Crippen molar-refractivity contribution in [2.75, 3.05) is 0 Å². The molecule has 0 amide bonds. The first kappa shape index (κ1) is 60.9. The normalized spacial score (nSPS) is 9.21. The molecular weight excluding hydrogens is 861 g/mol. The average molecular weight is 935 g/mol. The molecule has 0 aliphatic heterocycles. The topological polar surface area (TPSA) is 362 Å². The summed E-state index contributed by atoms with van der Waals surface area (Å²) in [5.41, 5.74) is 28.1. The number of nitrogens with two attached hydrogens (primary N) is 5. The van der Waals surface area contributed by atoms with Gasteiger partial charge in [-0.05, 0) is 39.0 Å². The summed E-state index contributed by atoms with van der Waals surface area (Å²) >= 11 is 0. The molecule has 28 nitrogen and oxygen atoms in total. The van der Waals surface area contributed by atoms with Gasteiger partial charge < -0.3 is 28.7 Å². The van der Waals surface area contributed by atoms with Crippen LogP contribution in [0.5, 0.6) is 0 Å². The van der Waals surface area contributed by atoms with Gasteiger partial charge in [-0.2, -0.15) is 40.8 Å². The summed E-state index contributed by atoms with van der Waals surface area (Å²) < 4.78 is 13.7. The predicted octanol–water partition coefficient (Wildman–Crippen LogP) is 0.101. The van der Waals surface area contributed by atoms with E-state index in [4.69, 9.17) is 28.7 Å². The van der Waals surface area contributed by atoms with Crippen molar-refractivity contribution in [3.8, 4) is 0 Å². The van der Waals surface area contributed by atoms with Gasteiger partial charge in [0.15, 0.2) is 17.7 Å². The Hall–Kier alpha value is -8.17. The molecule has 0 aromatic carbocycles. The van der Waals surface area contributed by atoms with Crippen molar-refractivity contribution in [2.45, 2.75) is 68.6 Å². The number of aliphatic imine (C=N–C) groups is 2. The van der Waals surface area contributed by atoms with Crippen LogP contribution in [0.2, 0.25) is 0 Å². The minimum absolute atomic E-state index is 0. The summed E-state index contributed by atoms with van der Waals surface area (Å²) in [7, 11) is 14.8.